The van der Waals surface area contributed by atoms with Crippen molar-refractivity contribution in [3.8, 4) is 6.07 Å². The molecule has 0 saturated heterocycles. The van der Waals surface area contributed by atoms with Crippen LogP contribution in [0.2, 0.25) is 0 Å². The van der Waals surface area contributed by atoms with Gasteiger partial charge in [0.15, 0.2) is 5.78 Å². The van der Waals surface area contributed by atoms with Crippen LogP contribution in [-0.2, 0) is 0 Å². The normalized spacial score (nSPS) is 11.8. The Hall–Kier alpha value is -1.51. The minimum absolute atomic E-state index is 0.204. The highest BCUT2D eigenvalue weighted by atomic mass is 79.9. The van der Waals surface area contributed by atoms with Crippen LogP contribution in [0.25, 0.3) is 0 Å². The minimum Gasteiger partial charge on any atom is -0.292 e. The van der Waals surface area contributed by atoms with Crippen LogP contribution < -0.4 is 0 Å². The first-order valence-corrected chi connectivity index (χ1v) is 6.73. The first-order chi connectivity index (χ1) is 8.63. The van der Waals surface area contributed by atoms with Crippen molar-refractivity contribution in [1.29, 1.82) is 5.26 Å². The predicted octanol–water partition coefficient (Wildman–Crippen LogP) is 4.14. The van der Waals surface area contributed by atoms with Gasteiger partial charge in [-0.3, -0.25) is 4.79 Å². The summed E-state index contributed by atoms with van der Waals surface area (Å²) < 4.78 is 13.7. The first-order valence-electron chi connectivity index (χ1n) is 5.05. The fourth-order valence-electron chi connectivity index (χ4n) is 1.52. The molecule has 0 radical (unpaired) electrons. The summed E-state index contributed by atoms with van der Waals surface area (Å²) >= 11 is 4.36. The van der Waals surface area contributed by atoms with Gasteiger partial charge in [0.05, 0.1) is 10.5 Å². The van der Waals surface area contributed by atoms with Crippen LogP contribution in [0.4, 0.5) is 4.39 Å². The second-order valence-corrected chi connectivity index (χ2v) is 5.40. The van der Waals surface area contributed by atoms with Crippen molar-refractivity contribution in [1.82, 2.24) is 0 Å². The average Bonchev–Trinajstić information content (AvgIpc) is 2.87. The van der Waals surface area contributed by atoms with E-state index >= 15 is 0 Å². The average molecular weight is 324 g/mol. The van der Waals surface area contributed by atoms with Crippen LogP contribution in [0.1, 0.15) is 21.2 Å². The van der Waals surface area contributed by atoms with Gasteiger partial charge in [-0.05, 0) is 39.5 Å². The summed E-state index contributed by atoms with van der Waals surface area (Å²) in [6, 6.07) is 9.58. The van der Waals surface area contributed by atoms with E-state index in [1.807, 2.05) is 6.07 Å². The third-order valence-corrected chi connectivity index (χ3v) is 4.00. The van der Waals surface area contributed by atoms with E-state index in [0.717, 1.165) is 6.07 Å². The maximum atomic E-state index is 13.4. The number of benzene rings is 1. The molecule has 0 fully saturated rings. The van der Waals surface area contributed by atoms with Crippen molar-refractivity contribution in [2.45, 2.75) is 5.92 Å². The molecule has 0 amide bonds. The number of hydrogen-bond donors (Lipinski definition) is 0. The van der Waals surface area contributed by atoms with E-state index in [0.29, 0.717) is 9.35 Å². The molecule has 2 rings (SSSR count). The van der Waals surface area contributed by atoms with Crippen molar-refractivity contribution in [3.63, 3.8) is 0 Å². The zero-order valence-corrected chi connectivity index (χ0v) is 11.5. The molecule has 1 atom stereocenters. The molecule has 2 aromatic rings. The Balaban J connectivity index is 2.36. The molecule has 0 bridgehead atoms. The number of halogens is 2. The molecule has 0 spiro atoms. The Bertz CT molecular complexity index is 618. The lowest BCUT2D eigenvalue weighted by Crippen LogP contribution is -2.10. The van der Waals surface area contributed by atoms with Gasteiger partial charge >= 0.3 is 0 Å². The van der Waals surface area contributed by atoms with Crippen molar-refractivity contribution in [2.75, 3.05) is 0 Å². The predicted molar refractivity (Wildman–Crippen MR) is 71.1 cm³/mol. The van der Waals surface area contributed by atoms with Crippen molar-refractivity contribution in [2.24, 2.45) is 0 Å². The summed E-state index contributed by atoms with van der Waals surface area (Å²) in [5.74, 6) is -1.76. The highest BCUT2D eigenvalue weighted by Gasteiger charge is 2.23. The third kappa shape index (κ3) is 2.50. The standard InChI is InChI=1S/C13H7BrFNOS/c14-10-4-3-8(6-11(10)15)13(17)9(7-16)12-2-1-5-18-12/h1-6,9H. The van der Waals surface area contributed by atoms with Crippen molar-refractivity contribution < 1.29 is 9.18 Å². The van der Waals surface area contributed by atoms with E-state index < -0.39 is 11.7 Å². The first kappa shape index (κ1) is 12.9. The third-order valence-electron chi connectivity index (χ3n) is 2.42. The second-order valence-electron chi connectivity index (χ2n) is 3.57. The zero-order chi connectivity index (χ0) is 13.1. The molecule has 0 aliphatic carbocycles. The molecule has 18 heavy (non-hydrogen) atoms. The Labute approximate surface area is 116 Å². The van der Waals surface area contributed by atoms with Crippen LogP contribution in [0, 0.1) is 17.1 Å². The van der Waals surface area contributed by atoms with E-state index in [-0.39, 0.29) is 11.3 Å². The van der Waals surface area contributed by atoms with Gasteiger partial charge in [-0.1, -0.05) is 12.1 Å². The number of nitrogens with zero attached hydrogens (tertiary/aromatic N) is 1. The number of hydrogen-bond acceptors (Lipinski definition) is 3. The molecule has 0 aliphatic rings. The minimum atomic E-state index is -0.870. The van der Waals surface area contributed by atoms with E-state index in [1.165, 1.54) is 23.5 Å². The summed E-state index contributed by atoms with van der Waals surface area (Å²) in [5, 5.41) is 10.9. The topological polar surface area (TPSA) is 40.9 Å². The molecule has 1 aromatic carbocycles. The fraction of sp³-hybridized carbons (Fsp3) is 0.0769. The van der Waals surface area contributed by atoms with E-state index in [1.54, 1.807) is 17.5 Å². The SMILES string of the molecule is N#CC(C(=O)c1ccc(Br)c(F)c1)c1cccs1. The summed E-state index contributed by atoms with van der Waals surface area (Å²) in [5.41, 5.74) is 0.204. The lowest BCUT2D eigenvalue weighted by Gasteiger charge is -2.06. The number of rotatable bonds is 3. The summed E-state index contributed by atoms with van der Waals surface area (Å²) in [7, 11) is 0. The van der Waals surface area contributed by atoms with Gasteiger partial charge in [0.25, 0.3) is 0 Å². The van der Waals surface area contributed by atoms with Gasteiger partial charge in [0, 0.05) is 10.4 Å². The molecule has 0 N–H and O–H groups in total. The molecule has 5 heteroatoms. The van der Waals surface area contributed by atoms with E-state index in [2.05, 4.69) is 15.9 Å². The molecular weight excluding hydrogens is 317 g/mol. The lowest BCUT2D eigenvalue weighted by atomic mass is 9.97. The molecule has 0 aliphatic heterocycles. The van der Waals surface area contributed by atoms with Gasteiger partial charge in [-0.25, -0.2) is 4.39 Å². The molecule has 1 aromatic heterocycles. The maximum Gasteiger partial charge on any atom is 0.185 e. The Morgan fingerprint density at radius 1 is 1.44 bits per heavy atom. The van der Waals surface area contributed by atoms with Crippen LogP contribution in [0.5, 0.6) is 0 Å². The van der Waals surface area contributed by atoms with Gasteiger partial charge in [0.2, 0.25) is 0 Å². The molecule has 2 nitrogen and oxygen atoms in total. The number of ketones is 1. The number of Topliss-reactive ketones (excluding diaryl/α,β-unsaturated/α-hetero) is 1. The molecule has 0 saturated carbocycles. The van der Waals surface area contributed by atoms with Crippen LogP contribution in [0.3, 0.4) is 0 Å². The molecule has 1 heterocycles. The van der Waals surface area contributed by atoms with Gasteiger partial charge in [0.1, 0.15) is 11.7 Å². The van der Waals surface area contributed by atoms with Crippen molar-refractivity contribution >= 4 is 33.0 Å². The summed E-state index contributed by atoms with van der Waals surface area (Å²) in [4.78, 5) is 12.8. The fourth-order valence-corrected chi connectivity index (χ4v) is 2.54. The number of thiophene rings is 1. The van der Waals surface area contributed by atoms with E-state index in [4.69, 9.17) is 5.26 Å². The molecule has 90 valence electrons. The molecule has 1 unspecified atom stereocenters. The highest BCUT2D eigenvalue weighted by molar-refractivity contribution is 9.10. The van der Waals surface area contributed by atoms with Crippen molar-refractivity contribution in [3.05, 3.63) is 56.4 Å². The van der Waals surface area contributed by atoms with Gasteiger partial charge < -0.3 is 0 Å². The van der Waals surface area contributed by atoms with Crippen LogP contribution in [-0.4, -0.2) is 5.78 Å². The largest absolute Gasteiger partial charge is 0.292 e. The number of carbonyl (C=O) groups excluding carboxylic acids is 1. The Kier molecular flexibility index (Phi) is 3.90. The van der Waals surface area contributed by atoms with Crippen LogP contribution >= 0.6 is 27.3 Å². The Morgan fingerprint density at radius 3 is 2.78 bits per heavy atom. The smallest absolute Gasteiger partial charge is 0.185 e. The number of carbonyl (C=O) groups is 1. The van der Waals surface area contributed by atoms with Gasteiger partial charge in [-0.15, -0.1) is 11.3 Å². The van der Waals surface area contributed by atoms with E-state index in [9.17, 15) is 9.18 Å². The summed E-state index contributed by atoms with van der Waals surface area (Å²) in [6.45, 7) is 0. The summed E-state index contributed by atoms with van der Waals surface area (Å²) in [6.07, 6.45) is 0. The zero-order valence-electron chi connectivity index (χ0n) is 9.06. The highest BCUT2D eigenvalue weighted by Crippen LogP contribution is 2.26. The second kappa shape index (κ2) is 5.42. The van der Waals surface area contributed by atoms with Crippen LogP contribution in [0.15, 0.2) is 40.2 Å². The monoisotopic (exact) mass is 323 g/mol. The quantitative estimate of drug-likeness (QED) is 0.796. The lowest BCUT2D eigenvalue weighted by molar-refractivity contribution is 0.0979. The number of nitriles is 1. The maximum absolute atomic E-state index is 13.4. The van der Waals surface area contributed by atoms with Gasteiger partial charge in [-0.2, -0.15) is 5.26 Å². The molecular formula is C13H7BrFNOS. The Morgan fingerprint density at radius 2 is 2.22 bits per heavy atom.